The predicted molar refractivity (Wildman–Crippen MR) is 93.7 cm³/mol. The number of benzene rings is 1. The van der Waals surface area contributed by atoms with E-state index in [0.29, 0.717) is 12.8 Å². The smallest absolute Gasteiger partial charge is 0.243 e. The van der Waals surface area contributed by atoms with Crippen molar-refractivity contribution in [3.8, 4) is 0 Å². The third-order valence-corrected chi connectivity index (χ3v) is 4.48. The molecule has 23 heavy (non-hydrogen) atoms. The summed E-state index contributed by atoms with van der Waals surface area (Å²) in [5.74, 6) is -0.0755. The summed E-state index contributed by atoms with van der Waals surface area (Å²) in [6.45, 7) is 6.24. The Bertz CT molecular complexity index is 516. The number of aliphatic hydroxyl groups is 1. The molecule has 1 aliphatic carbocycles. The number of hydrazone groups is 1. The number of anilines is 1. The first-order chi connectivity index (χ1) is 11.1. The number of amides is 1. The second-order valence-electron chi connectivity index (χ2n) is 6.00. The number of nitrogens with one attached hydrogen (secondary N) is 1. The van der Waals surface area contributed by atoms with Crippen LogP contribution in [0.2, 0.25) is 0 Å². The second-order valence-corrected chi connectivity index (χ2v) is 6.00. The molecule has 5 heteroatoms. The van der Waals surface area contributed by atoms with Gasteiger partial charge in [-0.2, -0.15) is 5.10 Å². The van der Waals surface area contributed by atoms with E-state index in [9.17, 15) is 9.90 Å². The molecule has 126 valence electrons. The third-order valence-electron chi connectivity index (χ3n) is 4.48. The van der Waals surface area contributed by atoms with Crippen LogP contribution in [0.3, 0.4) is 0 Å². The van der Waals surface area contributed by atoms with Crippen LogP contribution in [0.4, 0.5) is 5.69 Å². The lowest BCUT2D eigenvalue weighted by molar-refractivity contribution is -0.126. The molecular weight excluding hydrogens is 290 g/mol. The molecule has 1 saturated carbocycles. The molecule has 0 saturated heterocycles. The summed E-state index contributed by atoms with van der Waals surface area (Å²) >= 11 is 0. The summed E-state index contributed by atoms with van der Waals surface area (Å²) in [5.41, 5.74) is 4.76. The number of carbonyl (C=O) groups excluding carboxylic acids is 1. The average molecular weight is 317 g/mol. The third kappa shape index (κ3) is 5.06. The minimum absolute atomic E-state index is 0.0272. The van der Waals surface area contributed by atoms with Crippen molar-refractivity contribution in [1.29, 1.82) is 0 Å². The van der Waals surface area contributed by atoms with Crippen LogP contribution in [-0.2, 0) is 4.79 Å². The maximum absolute atomic E-state index is 12.0. The summed E-state index contributed by atoms with van der Waals surface area (Å²) in [6, 6.07) is 8.14. The highest BCUT2D eigenvalue weighted by Crippen LogP contribution is 2.24. The Labute approximate surface area is 138 Å². The van der Waals surface area contributed by atoms with Crippen molar-refractivity contribution in [3.05, 3.63) is 29.8 Å². The van der Waals surface area contributed by atoms with Crippen molar-refractivity contribution in [1.82, 2.24) is 5.43 Å². The fourth-order valence-corrected chi connectivity index (χ4v) is 2.96. The number of rotatable bonds is 6. The SMILES string of the molecule is CCN(CC)c1ccc(/C=N/NC(=O)C2CCC(O)CC2)cc1. The minimum Gasteiger partial charge on any atom is -0.393 e. The average Bonchev–Trinajstić information content (AvgIpc) is 2.58. The van der Waals surface area contributed by atoms with E-state index in [0.717, 1.165) is 31.5 Å². The molecule has 0 aromatic heterocycles. The fraction of sp³-hybridized carbons (Fsp3) is 0.556. The van der Waals surface area contributed by atoms with Gasteiger partial charge in [0.05, 0.1) is 12.3 Å². The topological polar surface area (TPSA) is 64.9 Å². The van der Waals surface area contributed by atoms with Crippen LogP contribution in [0.5, 0.6) is 0 Å². The van der Waals surface area contributed by atoms with E-state index in [1.165, 1.54) is 5.69 Å². The Kier molecular flexibility index (Phi) is 6.59. The van der Waals surface area contributed by atoms with Gasteiger partial charge in [0.2, 0.25) is 5.91 Å². The largest absolute Gasteiger partial charge is 0.393 e. The van der Waals surface area contributed by atoms with E-state index in [-0.39, 0.29) is 17.9 Å². The predicted octanol–water partition coefficient (Wildman–Crippen LogP) is 2.53. The van der Waals surface area contributed by atoms with Crippen molar-refractivity contribution in [2.24, 2.45) is 11.0 Å². The molecule has 1 fully saturated rings. The number of carbonyl (C=O) groups is 1. The van der Waals surface area contributed by atoms with Crippen molar-refractivity contribution in [2.75, 3.05) is 18.0 Å². The molecule has 0 bridgehead atoms. The first kappa shape index (κ1) is 17.5. The van der Waals surface area contributed by atoms with Gasteiger partial charge < -0.3 is 10.0 Å². The fourth-order valence-electron chi connectivity index (χ4n) is 2.96. The molecule has 1 aromatic rings. The maximum atomic E-state index is 12.0. The van der Waals surface area contributed by atoms with Gasteiger partial charge in [0.15, 0.2) is 0 Å². The first-order valence-electron chi connectivity index (χ1n) is 8.50. The molecule has 0 radical (unpaired) electrons. The number of nitrogens with zero attached hydrogens (tertiary/aromatic N) is 2. The van der Waals surface area contributed by atoms with Crippen LogP contribution < -0.4 is 10.3 Å². The Morgan fingerprint density at radius 2 is 1.83 bits per heavy atom. The van der Waals surface area contributed by atoms with Crippen LogP contribution in [-0.4, -0.2) is 36.4 Å². The standard InChI is InChI=1S/C18H27N3O2/c1-3-21(4-2)16-9-5-14(6-10-16)13-19-20-18(23)15-7-11-17(22)12-8-15/h5-6,9-10,13,15,17,22H,3-4,7-8,11-12H2,1-2H3,(H,20,23)/b19-13+. The summed E-state index contributed by atoms with van der Waals surface area (Å²) in [5, 5.41) is 13.5. The lowest BCUT2D eigenvalue weighted by Crippen LogP contribution is -2.31. The van der Waals surface area contributed by atoms with Crippen LogP contribution >= 0.6 is 0 Å². The van der Waals surface area contributed by atoms with Gasteiger partial charge >= 0.3 is 0 Å². The zero-order valence-electron chi connectivity index (χ0n) is 14.0. The Morgan fingerprint density at radius 3 is 2.39 bits per heavy atom. The summed E-state index contributed by atoms with van der Waals surface area (Å²) in [6.07, 6.45) is 4.30. The van der Waals surface area contributed by atoms with Gasteiger partial charge in [-0.3, -0.25) is 4.79 Å². The van der Waals surface area contributed by atoms with Crippen LogP contribution in [0.1, 0.15) is 45.1 Å². The Balaban J connectivity index is 1.84. The molecule has 5 nitrogen and oxygen atoms in total. The van der Waals surface area contributed by atoms with E-state index in [4.69, 9.17) is 0 Å². The van der Waals surface area contributed by atoms with Crippen molar-refractivity contribution < 1.29 is 9.90 Å². The first-order valence-corrected chi connectivity index (χ1v) is 8.50. The molecule has 2 rings (SSSR count). The van der Waals surface area contributed by atoms with E-state index in [2.05, 4.69) is 41.4 Å². The van der Waals surface area contributed by atoms with Gasteiger partial charge in [0, 0.05) is 24.7 Å². The number of hydrogen-bond donors (Lipinski definition) is 2. The normalized spacial score (nSPS) is 21.3. The van der Waals surface area contributed by atoms with Crippen LogP contribution in [0, 0.1) is 5.92 Å². The molecule has 0 unspecified atom stereocenters. The quantitative estimate of drug-likeness (QED) is 0.626. The van der Waals surface area contributed by atoms with Crippen LogP contribution in [0.25, 0.3) is 0 Å². The summed E-state index contributed by atoms with van der Waals surface area (Å²) < 4.78 is 0. The Morgan fingerprint density at radius 1 is 1.22 bits per heavy atom. The van der Waals surface area contributed by atoms with Gasteiger partial charge in [-0.1, -0.05) is 12.1 Å². The van der Waals surface area contributed by atoms with E-state index in [1.54, 1.807) is 6.21 Å². The molecule has 0 heterocycles. The van der Waals surface area contributed by atoms with E-state index < -0.39 is 0 Å². The highest BCUT2D eigenvalue weighted by Gasteiger charge is 2.24. The molecule has 2 N–H and O–H groups in total. The summed E-state index contributed by atoms with van der Waals surface area (Å²) in [4.78, 5) is 14.3. The van der Waals surface area contributed by atoms with Gasteiger partial charge in [0.1, 0.15) is 0 Å². The zero-order chi connectivity index (χ0) is 16.7. The van der Waals surface area contributed by atoms with E-state index >= 15 is 0 Å². The van der Waals surface area contributed by atoms with Crippen molar-refractivity contribution >= 4 is 17.8 Å². The monoisotopic (exact) mass is 317 g/mol. The van der Waals surface area contributed by atoms with Crippen LogP contribution in [0.15, 0.2) is 29.4 Å². The van der Waals surface area contributed by atoms with Gasteiger partial charge in [-0.05, 0) is 57.2 Å². The molecule has 0 atom stereocenters. The molecule has 1 aliphatic rings. The molecule has 1 aromatic carbocycles. The van der Waals surface area contributed by atoms with Gasteiger partial charge in [0.25, 0.3) is 0 Å². The van der Waals surface area contributed by atoms with E-state index in [1.807, 2.05) is 12.1 Å². The number of hydrogen-bond acceptors (Lipinski definition) is 4. The maximum Gasteiger partial charge on any atom is 0.243 e. The molecule has 0 aliphatic heterocycles. The van der Waals surface area contributed by atoms with Gasteiger partial charge in [-0.15, -0.1) is 0 Å². The lowest BCUT2D eigenvalue weighted by Gasteiger charge is -2.23. The molecular formula is C18H27N3O2. The Hall–Kier alpha value is -1.88. The van der Waals surface area contributed by atoms with Crippen molar-refractivity contribution in [3.63, 3.8) is 0 Å². The summed E-state index contributed by atoms with van der Waals surface area (Å²) in [7, 11) is 0. The lowest BCUT2D eigenvalue weighted by atomic mass is 9.87. The molecule has 0 spiro atoms. The zero-order valence-corrected chi connectivity index (χ0v) is 14.0. The highest BCUT2D eigenvalue weighted by molar-refractivity contribution is 5.83. The van der Waals surface area contributed by atoms with Gasteiger partial charge in [-0.25, -0.2) is 5.43 Å². The number of aliphatic hydroxyl groups excluding tert-OH is 1. The van der Waals surface area contributed by atoms with Crippen molar-refractivity contribution in [2.45, 2.75) is 45.6 Å². The molecule has 1 amide bonds. The minimum atomic E-state index is -0.244. The second kappa shape index (κ2) is 8.67. The highest BCUT2D eigenvalue weighted by atomic mass is 16.3.